The van der Waals surface area contributed by atoms with Crippen molar-refractivity contribution < 1.29 is 61.1 Å². The van der Waals surface area contributed by atoms with Gasteiger partial charge in [-0.05, 0) is 51.6 Å². The number of hydrogen-bond donors (Lipinski definition) is 1. The van der Waals surface area contributed by atoms with Crippen molar-refractivity contribution in [3.63, 3.8) is 0 Å². The predicted molar refractivity (Wildman–Crippen MR) is 322 cm³/mol. The summed E-state index contributed by atoms with van der Waals surface area (Å²) in [6, 6.07) is 68.1. The van der Waals surface area contributed by atoms with Gasteiger partial charge < -0.3 is 43.0 Å². The van der Waals surface area contributed by atoms with Crippen LogP contribution in [0.5, 0.6) is 0 Å². The highest BCUT2D eigenvalue weighted by Crippen LogP contribution is 2.45. The van der Waals surface area contributed by atoms with Gasteiger partial charge in [-0.25, -0.2) is 8.42 Å². The molecule has 7 aromatic rings. The molecular weight excluding hydrogens is 1100 g/mol. The standard InChI is InChI=1S/C22H24O4.2C20H22O3.C7H7NO4S/c1-17(23)26-22-13-12-21(25-15-19-10-6-3-7-11-19)20(22)16-24-14-18-8-4-2-5-9-18;1-3-7-15(8-4-1)12-21-14-17-18(11-19-20(17)23-19)22-13-16-9-5-2-6-10-16;21-19-11-12-20(23-14-17-9-5-2-6-10-17)18(19)15-22-13-16-7-3-1-4-8-16;9-8(10)6-13(11,12)7-4-2-1-3-5-7/h2-13,20-22H,14-16H2,1H3;1-10,17-20H,11-14H2;1-12,18-21H,13-15H2;1-5H,6H2/t20-,21+,22-;17-,18+,19-,20+;18-,19+,20-;/m110./s1. The average molecular weight is 1170 g/mol. The van der Waals surface area contributed by atoms with E-state index in [1.807, 2.05) is 176 Å². The molecule has 11 rings (SSSR count). The van der Waals surface area contributed by atoms with Gasteiger partial charge in [-0.1, -0.05) is 218 Å². The van der Waals surface area contributed by atoms with E-state index in [-0.39, 0.29) is 47.1 Å². The smallest absolute Gasteiger partial charge is 0.305 e. The average Bonchev–Trinajstić information content (AvgIpc) is 1.96. The highest BCUT2D eigenvalue weighted by Gasteiger charge is 2.56. The van der Waals surface area contributed by atoms with Crippen molar-refractivity contribution >= 4 is 15.8 Å². The maximum atomic E-state index is 11.4. The van der Waals surface area contributed by atoms with Gasteiger partial charge in [0.1, 0.15) is 6.10 Å². The zero-order valence-electron chi connectivity index (χ0n) is 47.7. The molecule has 7 aromatic carbocycles. The van der Waals surface area contributed by atoms with Crippen molar-refractivity contribution in [1.82, 2.24) is 0 Å². The van der Waals surface area contributed by atoms with Crippen molar-refractivity contribution in [2.45, 2.75) is 101 Å². The first-order chi connectivity index (χ1) is 41.5. The molecule has 1 aliphatic heterocycles. The summed E-state index contributed by atoms with van der Waals surface area (Å²) >= 11 is 0. The Morgan fingerprint density at radius 1 is 0.494 bits per heavy atom. The normalized spacial score (nSPS) is 22.3. The molecule has 0 bridgehead atoms. The Kier molecular flexibility index (Phi) is 25.3. The Hall–Kier alpha value is -7.48. The maximum Gasteiger partial charge on any atom is 0.305 e. The molecule has 85 heavy (non-hydrogen) atoms. The molecule has 1 N–H and O–H groups in total. The third-order valence-corrected chi connectivity index (χ3v) is 16.0. The number of hydrogen-bond acceptors (Lipinski definition) is 14. The van der Waals surface area contributed by atoms with Gasteiger partial charge in [-0.15, -0.1) is 0 Å². The van der Waals surface area contributed by atoms with E-state index < -0.39 is 26.7 Å². The van der Waals surface area contributed by atoms with Crippen molar-refractivity contribution in [2.24, 2.45) is 17.8 Å². The van der Waals surface area contributed by atoms with E-state index in [1.54, 1.807) is 12.1 Å². The SMILES string of the molecule is CC(=O)O[C@@H]1C=C[C@H](OCc2ccccc2)[C@H]1COCc1ccccc1.O=[N+]([O-])CS(=O)(=O)c1ccccc1.O[C@@H]1C=C[C@H](OCc2ccccc2)[C@H]1COCc1ccccc1.c1ccc(COC[C@H]2[C@@H]3O[C@@H]3C[C@@H]2OCc2ccccc2)cc1. The highest BCUT2D eigenvalue weighted by atomic mass is 32.2. The van der Waals surface area contributed by atoms with Crippen LogP contribution in [-0.2, 0) is 92.2 Å². The van der Waals surface area contributed by atoms with Crippen LogP contribution < -0.4 is 0 Å². The van der Waals surface area contributed by atoms with Gasteiger partial charge in [-0.2, -0.15) is 0 Å². The van der Waals surface area contributed by atoms with Crippen LogP contribution in [0.2, 0.25) is 0 Å². The van der Waals surface area contributed by atoms with E-state index in [9.17, 15) is 28.4 Å². The summed E-state index contributed by atoms with van der Waals surface area (Å²) in [6.45, 7) is 6.51. The molecule has 0 aromatic heterocycles. The van der Waals surface area contributed by atoms with Crippen molar-refractivity contribution in [2.75, 3.05) is 25.7 Å². The molecule has 1 saturated heterocycles. The summed E-state index contributed by atoms with van der Waals surface area (Å²) in [5, 5.41) is 20.1. The zero-order chi connectivity index (χ0) is 59.5. The summed E-state index contributed by atoms with van der Waals surface area (Å²) in [6.07, 6.45) is 8.49. The maximum absolute atomic E-state index is 11.4. The van der Waals surface area contributed by atoms with E-state index in [2.05, 4.69) is 24.3 Å². The van der Waals surface area contributed by atoms with E-state index in [4.69, 9.17) is 37.9 Å². The number of nitrogens with zero attached hydrogens (tertiary/aromatic N) is 1. The van der Waals surface area contributed by atoms with E-state index >= 15 is 0 Å². The number of esters is 1. The number of aliphatic hydroxyl groups is 1. The fourth-order valence-corrected chi connectivity index (χ4v) is 11.0. The van der Waals surface area contributed by atoms with Crippen LogP contribution in [0.1, 0.15) is 46.7 Å². The second-order valence-corrected chi connectivity index (χ2v) is 22.9. The van der Waals surface area contributed by atoms with Crippen LogP contribution in [0.25, 0.3) is 0 Å². The lowest BCUT2D eigenvalue weighted by atomic mass is 10.0. The van der Waals surface area contributed by atoms with Crippen LogP contribution in [0.4, 0.5) is 0 Å². The molecule has 446 valence electrons. The minimum absolute atomic E-state index is 0.0216. The van der Waals surface area contributed by atoms with Crippen molar-refractivity contribution in [3.8, 4) is 0 Å². The number of sulfone groups is 1. The molecule has 1 heterocycles. The van der Waals surface area contributed by atoms with Crippen LogP contribution >= 0.6 is 0 Å². The second-order valence-electron chi connectivity index (χ2n) is 21.0. The van der Waals surface area contributed by atoms with E-state index in [1.165, 1.54) is 42.3 Å². The van der Waals surface area contributed by atoms with E-state index in [0.717, 1.165) is 28.7 Å². The summed E-state index contributed by atoms with van der Waals surface area (Å²) in [4.78, 5) is 20.5. The number of epoxide rings is 1. The first-order valence-corrected chi connectivity index (χ1v) is 30.2. The summed E-state index contributed by atoms with van der Waals surface area (Å²) in [5.41, 5.74) is 6.92. The lowest BCUT2D eigenvalue weighted by Gasteiger charge is -2.25. The molecule has 15 nitrogen and oxygen atoms in total. The third kappa shape index (κ3) is 21.5. The Morgan fingerprint density at radius 3 is 1.27 bits per heavy atom. The van der Waals surface area contributed by atoms with Gasteiger partial charge in [0.05, 0.1) is 107 Å². The number of ether oxygens (including phenoxy) is 8. The van der Waals surface area contributed by atoms with Crippen molar-refractivity contribution in [1.29, 1.82) is 0 Å². The number of rotatable bonds is 25. The second kappa shape index (κ2) is 33.9. The first kappa shape index (κ1) is 63.5. The monoisotopic (exact) mass is 1170 g/mol. The molecule has 3 aliphatic carbocycles. The van der Waals surface area contributed by atoms with Gasteiger partial charge >= 0.3 is 11.8 Å². The van der Waals surface area contributed by atoms with Crippen LogP contribution in [0, 0.1) is 27.9 Å². The number of carbonyl (C=O) groups excluding carboxylic acids is 1. The van der Waals surface area contributed by atoms with Gasteiger partial charge in [0.15, 0.2) is 0 Å². The fraction of sp³-hybridized carbons (Fsp3) is 0.319. The van der Waals surface area contributed by atoms with Gasteiger partial charge in [0.2, 0.25) is 9.84 Å². The lowest BCUT2D eigenvalue weighted by molar-refractivity contribution is -0.458. The molecule has 1 saturated carbocycles. The van der Waals surface area contributed by atoms with Crippen LogP contribution in [0.3, 0.4) is 0 Å². The quantitative estimate of drug-likeness (QED) is 0.0187. The first-order valence-electron chi connectivity index (χ1n) is 28.6. The summed E-state index contributed by atoms with van der Waals surface area (Å²) < 4.78 is 69.3. The fourth-order valence-electron chi connectivity index (χ4n) is 10.00. The number of aliphatic hydroxyl groups excluding tert-OH is 1. The zero-order valence-corrected chi connectivity index (χ0v) is 48.5. The molecule has 0 spiro atoms. The highest BCUT2D eigenvalue weighted by molar-refractivity contribution is 7.91. The molecule has 16 heteroatoms. The largest absolute Gasteiger partial charge is 0.458 e. The minimum Gasteiger partial charge on any atom is -0.458 e. The van der Waals surface area contributed by atoms with Gasteiger partial charge in [0, 0.05) is 30.1 Å². The molecular formula is C69H75NO14S. The molecule has 0 unspecified atom stereocenters. The summed E-state index contributed by atoms with van der Waals surface area (Å²) in [7, 11) is -3.76. The molecule has 2 fully saturated rings. The van der Waals surface area contributed by atoms with Gasteiger partial charge in [-0.3, -0.25) is 14.9 Å². The minimum atomic E-state index is -3.76. The number of nitro groups is 1. The van der Waals surface area contributed by atoms with Gasteiger partial charge in [0.25, 0.3) is 0 Å². The Balaban J connectivity index is 0.000000151. The third-order valence-electron chi connectivity index (χ3n) is 14.5. The molecule has 4 aliphatic rings. The molecule has 0 radical (unpaired) electrons. The van der Waals surface area contributed by atoms with E-state index in [0.29, 0.717) is 77.6 Å². The number of carbonyl (C=O) groups is 1. The van der Waals surface area contributed by atoms with Crippen molar-refractivity contribution in [3.05, 3.63) is 280 Å². The number of fused-ring (bicyclic) bond motifs is 1. The molecule has 0 amide bonds. The van der Waals surface area contributed by atoms with Crippen LogP contribution in [0.15, 0.2) is 242 Å². The Morgan fingerprint density at radius 2 is 0.847 bits per heavy atom. The number of benzene rings is 7. The Bertz CT molecular complexity index is 3160. The predicted octanol–water partition coefficient (Wildman–Crippen LogP) is 11.5. The molecule has 10 atom stereocenters. The van der Waals surface area contributed by atoms with Crippen LogP contribution in [-0.4, -0.2) is 92.8 Å². The summed E-state index contributed by atoms with van der Waals surface area (Å²) in [5.74, 6) is -1.10. The lowest BCUT2D eigenvalue weighted by Crippen LogP contribution is -2.33. The Labute approximate surface area is 498 Å². The topological polar surface area (TPSA) is 192 Å².